The zero-order valence-corrected chi connectivity index (χ0v) is 13.6. The van der Waals surface area contributed by atoms with E-state index >= 15 is 0 Å². The summed E-state index contributed by atoms with van der Waals surface area (Å²) in [6.07, 6.45) is 9.99. The van der Waals surface area contributed by atoms with Gasteiger partial charge >= 0.3 is 0 Å². The first-order valence-electron chi connectivity index (χ1n) is 8.65. The van der Waals surface area contributed by atoms with Crippen LogP contribution in [0.1, 0.15) is 65.7 Å². The standard InChI is InChI=1S/C17H36N2/c1-4-19(15-17-10-9-11-17)13-8-6-5-7-12-18-14-16(2)3/h16-18H,4-15H2,1-3H3. The van der Waals surface area contributed by atoms with Gasteiger partial charge in [-0.1, -0.05) is 40.0 Å². The Labute approximate surface area is 121 Å². The Kier molecular flexibility index (Phi) is 9.54. The Bertz CT molecular complexity index is 199. The summed E-state index contributed by atoms with van der Waals surface area (Å²) in [4.78, 5) is 2.67. The highest BCUT2D eigenvalue weighted by Crippen LogP contribution is 2.27. The van der Waals surface area contributed by atoms with Gasteiger partial charge in [0.2, 0.25) is 0 Å². The predicted octanol–water partition coefficient (Wildman–Crippen LogP) is 3.91. The summed E-state index contributed by atoms with van der Waals surface area (Å²) in [7, 11) is 0. The van der Waals surface area contributed by atoms with Crippen LogP contribution >= 0.6 is 0 Å². The fraction of sp³-hybridized carbons (Fsp3) is 1.00. The number of unbranched alkanes of at least 4 members (excludes halogenated alkanes) is 3. The molecule has 0 atom stereocenters. The first kappa shape index (κ1) is 17.0. The molecule has 2 heteroatoms. The van der Waals surface area contributed by atoms with Crippen molar-refractivity contribution in [3.05, 3.63) is 0 Å². The zero-order chi connectivity index (χ0) is 13.9. The second-order valence-electron chi connectivity index (χ2n) is 6.70. The van der Waals surface area contributed by atoms with Crippen LogP contribution in [0.15, 0.2) is 0 Å². The van der Waals surface area contributed by atoms with Gasteiger partial charge < -0.3 is 10.2 Å². The van der Waals surface area contributed by atoms with Gasteiger partial charge in [-0.3, -0.25) is 0 Å². The quantitative estimate of drug-likeness (QED) is 0.540. The van der Waals surface area contributed by atoms with Crippen molar-refractivity contribution in [3.8, 4) is 0 Å². The molecule has 0 radical (unpaired) electrons. The van der Waals surface area contributed by atoms with Crippen molar-refractivity contribution in [3.63, 3.8) is 0 Å². The molecule has 1 N–H and O–H groups in total. The third-order valence-corrected chi connectivity index (χ3v) is 4.32. The van der Waals surface area contributed by atoms with Crippen molar-refractivity contribution in [2.24, 2.45) is 11.8 Å². The van der Waals surface area contributed by atoms with Gasteiger partial charge in [-0.25, -0.2) is 0 Å². The van der Waals surface area contributed by atoms with E-state index in [1.165, 1.54) is 77.7 Å². The number of nitrogens with zero attached hydrogens (tertiary/aromatic N) is 1. The van der Waals surface area contributed by atoms with Gasteiger partial charge in [0, 0.05) is 6.54 Å². The molecule has 1 aliphatic rings. The van der Waals surface area contributed by atoms with Crippen molar-refractivity contribution in [2.45, 2.75) is 65.7 Å². The van der Waals surface area contributed by atoms with Crippen LogP contribution in [0.25, 0.3) is 0 Å². The van der Waals surface area contributed by atoms with Crippen LogP contribution in [0.5, 0.6) is 0 Å². The summed E-state index contributed by atoms with van der Waals surface area (Å²) in [5, 5.41) is 3.53. The van der Waals surface area contributed by atoms with Gasteiger partial charge in [-0.05, 0) is 63.7 Å². The van der Waals surface area contributed by atoms with Crippen LogP contribution in [0, 0.1) is 11.8 Å². The Balaban J connectivity index is 1.85. The summed E-state index contributed by atoms with van der Waals surface area (Å²) in [5.74, 6) is 1.81. The smallest absolute Gasteiger partial charge is 0.000954 e. The topological polar surface area (TPSA) is 15.3 Å². The third kappa shape index (κ3) is 8.65. The lowest BCUT2D eigenvalue weighted by molar-refractivity contribution is 0.181. The maximum atomic E-state index is 3.53. The molecule has 0 bridgehead atoms. The SMILES string of the molecule is CCN(CCCCCCNCC(C)C)CC1CCC1. The molecule has 0 unspecified atom stereocenters. The number of hydrogen-bond donors (Lipinski definition) is 1. The van der Waals surface area contributed by atoms with E-state index in [0.29, 0.717) is 0 Å². The van der Waals surface area contributed by atoms with Gasteiger partial charge in [0.05, 0.1) is 0 Å². The largest absolute Gasteiger partial charge is 0.316 e. The van der Waals surface area contributed by atoms with Gasteiger partial charge in [0.25, 0.3) is 0 Å². The molecule has 0 aromatic carbocycles. The molecule has 0 amide bonds. The lowest BCUT2D eigenvalue weighted by Crippen LogP contribution is -2.33. The van der Waals surface area contributed by atoms with Gasteiger partial charge in [0.15, 0.2) is 0 Å². The third-order valence-electron chi connectivity index (χ3n) is 4.32. The van der Waals surface area contributed by atoms with Crippen molar-refractivity contribution >= 4 is 0 Å². The second kappa shape index (κ2) is 10.7. The first-order valence-corrected chi connectivity index (χ1v) is 8.65. The lowest BCUT2D eigenvalue weighted by Gasteiger charge is -2.31. The Morgan fingerprint density at radius 1 is 1.11 bits per heavy atom. The summed E-state index contributed by atoms with van der Waals surface area (Å²) in [6, 6.07) is 0. The summed E-state index contributed by atoms with van der Waals surface area (Å²) in [6.45, 7) is 13.2. The van der Waals surface area contributed by atoms with E-state index < -0.39 is 0 Å². The maximum Gasteiger partial charge on any atom is 0.000954 e. The van der Waals surface area contributed by atoms with Crippen molar-refractivity contribution in [1.29, 1.82) is 0 Å². The van der Waals surface area contributed by atoms with Crippen LogP contribution in [-0.2, 0) is 0 Å². The molecule has 1 aliphatic carbocycles. The molecule has 0 heterocycles. The normalized spacial score (nSPS) is 16.3. The molecular weight excluding hydrogens is 232 g/mol. The fourth-order valence-corrected chi connectivity index (χ4v) is 2.75. The molecule has 0 aromatic rings. The molecule has 0 saturated heterocycles. The van der Waals surface area contributed by atoms with E-state index in [1.807, 2.05) is 0 Å². The van der Waals surface area contributed by atoms with Gasteiger partial charge in [0.1, 0.15) is 0 Å². The van der Waals surface area contributed by atoms with E-state index in [9.17, 15) is 0 Å². The molecule has 114 valence electrons. The van der Waals surface area contributed by atoms with Crippen molar-refractivity contribution in [1.82, 2.24) is 10.2 Å². The van der Waals surface area contributed by atoms with Crippen LogP contribution < -0.4 is 5.32 Å². The zero-order valence-electron chi connectivity index (χ0n) is 13.6. The molecule has 2 nitrogen and oxygen atoms in total. The van der Waals surface area contributed by atoms with Crippen molar-refractivity contribution < 1.29 is 0 Å². The molecule has 0 spiro atoms. The minimum Gasteiger partial charge on any atom is -0.316 e. The van der Waals surface area contributed by atoms with Gasteiger partial charge in [-0.15, -0.1) is 0 Å². The average molecular weight is 268 g/mol. The van der Waals surface area contributed by atoms with E-state index in [2.05, 4.69) is 31.0 Å². The summed E-state index contributed by atoms with van der Waals surface area (Å²) in [5.41, 5.74) is 0. The van der Waals surface area contributed by atoms with E-state index in [4.69, 9.17) is 0 Å². The molecule has 0 aromatic heterocycles. The Morgan fingerprint density at radius 3 is 2.42 bits per heavy atom. The molecule has 0 aliphatic heterocycles. The van der Waals surface area contributed by atoms with Crippen LogP contribution in [0.3, 0.4) is 0 Å². The first-order chi connectivity index (χ1) is 9.22. The number of nitrogens with one attached hydrogen (secondary N) is 1. The highest BCUT2D eigenvalue weighted by molar-refractivity contribution is 4.73. The number of hydrogen-bond acceptors (Lipinski definition) is 2. The predicted molar refractivity (Wildman–Crippen MR) is 85.6 cm³/mol. The monoisotopic (exact) mass is 268 g/mol. The van der Waals surface area contributed by atoms with E-state index in [-0.39, 0.29) is 0 Å². The molecule has 1 rings (SSSR count). The minimum atomic E-state index is 0.782. The second-order valence-corrected chi connectivity index (χ2v) is 6.70. The van der Waals surface area contributed by atoms with Crippen LogP contribution in [-0.4, -0.2) is 37.6 Å². The molecule has 1 fully saturated rings. The van der Waals surface area contributed by atoms with E-state index in [0.717, 1.165) is 11.8 Å². The molecule has 1 saturated carbocycles. The van der Waals surface area contributed by atoms with Crippen LogP contribution in [0.4, 0.5) is 0 Å². The highest BCUT2D eigenvalue weighted by atomic mass is 15.1. The maximum absolute atomic E-state index is 3.53. The summed E-state index contributed by atoms with van der Waals surface area (Å²) < 4.78 is 0. The van der Waals surface area contributed by atoms with Gasteiger partial charge in [-0.2, -0.15) is 0 Å². The average Bonchev–Trinajstić information content (AvgIpc) is 2.33. The number of rotatable bonds is 12. The van der Waals surface area contributed by atoms with E-state index in [1.54, 1.807) is 0 Å². The Morgan fingerprint density at radius 2 is 1.84 bits per heavy atom. The highest BCUT2D eigenvalue weighted by Gasteiger charge is 2.19. The molecule has 19 heavy (non-hydrogen) atoms. The molecular formula is C17H36N2. The van der Waals surface area contributed by atoms with Crippen LogP contribution in [0.2, 0.25) is 0 Å². The fourth-order valence-electron chi connectivity index (χ4n) is 2.75. The van der Waals surface area contributed by atoms with Crippen molar-refractivity contribution in [2.75, 3.05) is 32.7 Å². The Hall–Kier alpha value is -0.0800. The lowest BCUT2D eigenvalue weighted by atomic mass is 9.85. The summed E-state index contributed by atoms with van der Waals surface area (Å²) >= 11 is 0. The minimum absolute atomic E-state index is 0.782.